The second-order valence-corrected chi connectivity index (χ2v) is 15.5. The lowest BCUT2D eigenvalue weighted by atomic mass is 9.98. The standard InChI is InChI=1S/C45H31N3OS2/c1-2-11-26(12-3-1)43-46-44(33-18-10-22-39-40(33)32-14-5-7-21-37(32)50-39)48-45(47-43)34-19-9-17-31-35-25-27(23-24-38(35)51-42(31)34)28-15-8-16-30-29-13-4-6-20-36(29)49-41(28)30/h1-25,43-48H. The van der Waals surface area contributed by atoms with Gasteiger partial charge < -0.3 is 4.42 Å². The van der Waals surface area contributed by atoms with Gasteiger partial charge in [0.2, 0.25) is 0 Å². The summed E-state index contributed by atoms with van der Waals surface area (Å²) >= 11 is 3.73. The Bertz CT molecular complexity index is 2940. The third kappa shape index (κ3) is 4.69. The molecule has 3 N–H and O–H groups in total. The van der Waals surface area contributed by atoms with Crippen LogP contribution >= 0.6 is 22.7 Å². The molecule has 244 valence electrons. The van der Waals surface area contributed by atoms with Gasteiger partial charge in [0.25, 0.3) is 0 Å². The van der Waals surface area contributed by atoms with E-state index >= 15 is 0 Å². The Labute approximate surface area is 302 Å². The van der Waals surface area contributed by atoms with Crippen LogP contribution in [0.15, 0.2) is 156 Å². The van der Waals surface area contributed by atoms with Crippen LogP contribution in [0.5, 0.6) is 0 Å². The van der Waals surface area contributed by atoms with E-state index in [1.54, 1.807) is 0 Å². The zero-order valence-corrected chi connectivity index (χ0v) is 29.0. The Balaban J connectivity index is 1.04. The number of rotatable bonds is 4. The molecule has 3 atom stereocenters. The van der Waals surface area contributed by atoms with Crippen molar-refractivity contribution in [2.45, 2.75) is 18.5 Å². The highest BCUT2D eigenvalue weighted by molar-refractivity contribution is 7.26. The van der Waals surface area contributed by atoms with Gasteiger partial charge in [-0.2, -0.15) is 0 Å². The lowest BCUT2D eigenvalue weighted by Crippen LogP contribution is -2.54. The maximum absolute atomic E-state index is 6.44. The molecule has 11 rings (SSSR count). The number of fused-ring (bicyclic) bond motifs is 9. The third-order valence-corrected chi connectivity index (χ3v) is 12.8. The SMILES string of the molecule is c1ccc(C2NC(c3cccc4c3sc3ccc(-c5cccc6c5oc5ccccc56)cc34)NC(c3cccc4sc5ccccc5c34)N2)cc1. The Kier molecular flexibility index (Phi) is 6.69. The van der Waals surface area contributed by atoms with E-state index in [1.165, 1.54) is 57.0 Å². The molecule has 3 unspecified atom stereocenters. The molecule has 3 aromatic heterocycles. The molecule has 0 aliphatic carbocycles. The van der Waals surface area contributed by atoms with E-state index in [1.807, 2.05) is 28.7 Å². The van der Waals surface area contributed by atoms with Crippen LogP contribution in [0, 0.1) is 0 Å². The number of para-hydroxylation sites is 2. The first-order chi connectivity index (χ1) is 25.3. The average Bonchev–Trinajstić information content (AvgIpc) is 3.89. The largest absolute Gasteiger partial charge is 0.455 e. The molecule has 1 aliphatic heterocycles. The van der Waals surface area contributed by atoms with E-state index in [9.17, 15) is 0 Å². The maximum atomic E-state index is 6.44. The minimum atomic E-state index is -0.0952. The fourth-order valence-electron chi connectivity index (χ4n) is 8.07. The fraction of sp³-hybridized carbons (Fsp3) is 0.0667. The van der Waals surface area contributed by atoms with Crippen LogP contribution in [0.2, 0.25) is 0 Å². The van der Waals surface area contributed by atoms with Crippen LogP contribution in [0.25, 0.3) is 73.4 Å². The van der Waals surface area contributed by atoms with Gasteiger partial charge in [-0.3, -0.25) is 16.0 Å². The monoisotopic (exact) mass is 693 g/mol. The normalized spacial score (nSPS) is 18.2. The molecule has 1 fully saturated rings. The van der Waals surface area contributed by atoms with Crippen LogP contribution in [0.1, 0.15) is 35.2 Å². The first-order valence-corrected chi connectivity index (χ1v) is 19.0. The quantitative estimate of drug-likeness (QED) is 0.172. The summed E-state index contributed by atoms with van der Waals surface area (Å²) in [6.07, 6.45) is -0.228. The van der Waals surface area contributed by atoms with Crippen molar-refractivity contribution in [2.75, 3.05) is 0 Å². The number of nitrogens with one attached hydrogen (secondary N) is 3. The summed E-state index contributed by atoms with van der Waals surface area (Å²) in [6.45, 7) is 0. The molecule has 4 heterocycles. The zero-order valence-electron chi connectivity index (χ0n) is 27.4. The van der Waals surface area contributed by atoms with Crippen molar-refractivity contribution in [1.82, 2.24) is 16.0 Å². The van der Waals surface area contributed by atoms with Gasteiger partial charge in [-0.05, 0) is 47.0 Å². The number of benzene rings is 7. The molecule has 10 aromatic rings. The molecule has 0 amide bonds. The van der Waals surface area contributed by atoms with Crippen molar-refractivity contribution >= 4 is 85.0 Å². The highest BCUT2D eigenvalue weighted by atomic mass is 32.1. The summed E-state index contributed by atoms with van der Waals surface area (Å²) in [5.41, 5.74) is 7.87. The summed E-state index contributed by atoms with van der Waals surface area (Å²) < 4.78 is 11.6. The molecule has 6 heteroatoms. The van der Waals surface area contributed by atoms with Crippen molar-refractivity contribution in [1.29, 1.82) is 0 Å². The second kappa shape index (κ2) is 11.6. The summed E-state index contributed by atoms with van der Waals surface area (Å²) in [5.74, 6) is 0. The second-order valence-electron chi connectivity index (χ2n) is 13.3. The Hall–Kier alpha value is -5.34. The van der Waals surface area contributed by atoms with E-state index < -0.39 is 0 Å². The third-order valence-electron chi connectivity index (χ3n) is 10.4. The van der Waals surface area contributed by atoms with Crippen molar-refractivity contribution in [3.63, 3.8) is 0 Å². The van der Waals surface area contributed by atoms with Crippen molar-refractivity contribution in [2.24, 2.45) is 0 Å². The van der Waals surface area contributed by atoms with E-state index in [0.717, 1.165) is 33.1 Å². The Morgan fingerprint density at radius 1 is 0.451 bits per heavy atom. The number of hydrogen-bond donors (Lipinski definition) is 3. The molecule has 0 saturated carbocycles. The molecular formula is C45H31N3OS2. The first kappa shape index (κ1) is 29.4. The fourth-order valence-corrected chi connectivity index (χ4v) is 10.4. The van der Waals surface area contributed by atoms with Crippen LogP contribution in [0.4, 0.5) is 0 Å². The minimum Gasteiger partial charge on any atom is -0.455 e. The van der Waals surface area contributed by atoms with Gasteiger partial charge >= 0.3 is 0 Å². The van der Waals surface area contributed by atoms with Gasteiger partial charge in [-0.1, -0.05) is 121 Å². The molecular weight excluding hydrogens is 663 g/mol. The van der Waals surface area contributed by atoms with Crippen LogP contribution in [-0.4, -0.2) is 0 Å². The van der Waals surface area contributed by atoms with Crippen molar-refractivity contribution in [3.05, 3.63) is 168 Å². The van der Waals surface area contributed by atoms with E-state index in [-0.39, 0.29) is 18.5 Å². The van der Waals surface area contributed by atoms with Gasteiger partial charge in [-0.15, -0.1) is 22.7 Å². The van der Waals surface area contributed by atoms with Gasteiger partial charge in [-0.25, -0.2) is 0 Å². The van der Waals surface area contributed by atoms with Crippen LogP contribution < -0.4 is 16.0 Å². The molecule has 51 heavy (non-hydrogen) atoms. The van der Waals surface area contributed by atoms with Crippen LogP contribution in [0.3, 0.4) is 0 Å². The van der Waals surface area contributed by atoms with E-state index in [4.69, 9.17) is 4.42 Å². The maximum Gasteiger partial charge on any atom is 0.143 e. The van der Waals surface area contributed by atoms with Crippen molar-refractivity contribution < 1.29 is 4.42 Å². The van der Waals surface area contributed by atoms with Gasteiger partial charge in [0.1, 0.15) is 11.2 Å². The lowest BCUT2D eigenvalue weighted by molar-refractivity contribution is 0.205. The molecule has 4 nitrogen and oxygen atoms in total. The topological polar surface area (TPSA) is 49.2 Å². The number of hydrogen-bond acceptors (Lipinski definition) is 6. The molecule has 0 spiro atoms. The summed E-state index contributed by atoms with van der Waals surface area (Å²) in [6, 6.07) is 54.6. The molecule has 0 bridgehead atoms. The average molecular weight is 694 g/mol. The lowest BCUT2D eigenvalue weighted by Gasteiger charge is -2.40. The number of thiophene rings is 2. The van der Waals surface area contributed by atoms with Crippen LogP contribution in [-0.2, 0) is 0 Å². The predicted molar refractivity (Wildman–Crippen MR) is 215 cm³/mol. The highest BCUT2D eigenvalue weighted by Gasteiger charge is 2.32. The molecule has 1 saturated heterocycles. The smallest absolute Gasteiger partial charge is 0.143 e. The Morgan fingerprint density at radius 2 is 1.12 bits per heavy atom. The molecule has 1 aliphatic rings. The molecule has 0 radical (unpaired) electrons. The Morgan fingerprint density at radius 3 is 2.04 bits per heavy atom. The predicted octanol–water partition coefficient (Wildman–Crippen LogP) is 12.2. The zero-order chi connectivity index (χ0) is 33.5. The van der Waals surface area contributed by atoms with Gasteiger partial charge in [0.05, 0.1) is 18.5 Å². The highest BCUT2D eigenvalue weighted by Crippen LogP contribution is 2.44. The van der Waals surface area contributed by atoms with Gasteiger partial charge in [0, 0.05) is 62.2 Å². The summed E-state index contributed by atoms with van der Waals surface area (Å²) in [5, 5.41) is 19.4. The van der Waals surface area contributed by atoms with E-state index in [0.29, 0.717) is 0 Å². The minimum absolute atomic E-state index is 0.0526. The summed E-state index contributed by atoms with van der Waals surface area (Å²) in [4.78, 5) is 0. The first-order valence-electron chi connectivity index (χ1n) is 17.4. The van der Waals surface area contributed by atoms with Crippen molar-refractivity contribution in [3.8, 4) is 11.1 Å². The van der Waals surface area contributed by atoms with Gasteiger partial charge in [0.15, 0.2) is 0 Å². The number of furan rings is 1. The summed E-state index contributed by atoms with van der Waals surface area (Å²) in [7, 11) is 0. The van der Waals surface area contributed by atoms with E-state index in [2.05, 4.69) is 162 Å². The molecule has 7 aromatic carbocycles.